The predicted molar refractivity (Wildman–Crippen MR) is 99.5 cm³/mol. The summed E-state index contributed by atoms with van der Waals surface area (Å²) in [6, 6.07) is 10.6. The molecule has 0 unspecified atom stereocenters. The number of rotatable bonds is 4. The number of aromatic nitrogens is 3. The van der Waals surface area contributed by atoms with Crippen LogP contribution >= 0.6 is 0 Å². The zero-order valence-electron chi connectivity index (χ0n) is 14.8. The number of nitrogens with zero attached hydrogens (tertiary/aromatic N) is 4. The minimum absolute atomic E-state index is 0.222. The molecule has 5 rings (SSSR count). The lowest BCUT2D eigenvalue weighted by molar-refractivity contribution is 0.197. The largest absolute Gasteiger partial charge is 0.302 e. The third-order valence-corrected chi connectivity index (χ3v) is 5.59. The average molecular weight is 350 g/mol. The first-order valence-corrected chi connectivity index (χ1v) is 9.59. The van der Waals surface area contributed by atoms with Gasteiger partial charge >= 0.3 is 0 Å². The third kappa shape index (κ3) is 3.23. The van der Waals surface area contributed by atoms with Crippen LogP contribution in [0.2, 0.25) is 0 Å². The van der Waals surface area contributed by atoms with Gasteiger partial charge < -0.3 is 4.90 Å². The van der Waals surface area contributed by atoms with Crippen LogP contribution in [0.15, 0.2) is 42.6 Å². The molecule has 0 N–H and O–H groups in total. The Morgan fingerprint density at radius 3 is 2.85 bits per heavy atom. The predicted octanol–water partition coefficient (Wildman–Crippen LogP) is 4.12. The summed E-state index contributed by atoms with van der Waals surface area (Å²) in [7, 11) is 0. The second-order valence-electron chi connectivity index (χ2n) is 7.74. The quantitative estimate of drug-likeness (QED) is 0.709. The molecule has 1 aliphatic heterocycles. The van der Waals surface area contributed by atoms with Gasteiger partial charge in [0.25, 0.3) is 0 Å². The lowest BCUT2D eigenvalue weighted by Gasteiger charge is -2.31. The molecule has 1 saturated carbocycles. The molecule has 2 fully saturated rings. The number of halogens is 1. The van der Waals surface area contributed by atoms with Crippen molar-refractivity contribution >= 4 is 5.65 Å². The Balaban J connectivity index is 1.40. The molecule has 0 radical (unpaired) electrons. The van der Waals surface area contributed by atoms with E-state index in [0.29, 0.717) is 5.92 Å². The number of hydrogen-bond donors (Lipinski definition) is 0. The molecule has 1 aliphatic carbocycles. The van der Waals surface area contributed by atoms with Crippen LogP contribution in [-0.2, 0) is 0 Å². The van der Waals surface area contributed by atoms with Crippen LogP contribution < -0.4 is 0 Å². The summed E-state index contributed by atoms with van der Waals surface area (Å²) >= 11 is 0. The molecule has 1 atom stereocenters. The molecule has 26 heavy (non-hydrogen) atoms. The molecule has 2 aliphatic rings. The standard InChI is InChI=1S/C21H23FN4/c22-19-5-1-3-16(11-19)17-8-9-20-23-21(24-26(20)14-17)18-4-2-10-25(13-18)12-15-6-7-15/h1,3,5,8-9,11,14-15,18H,2,4,6-7,10,12-13H2/t18-/m1/s1. The lowest BCUT2D eigenvalue weighted by Crippen LogP contribution is -2.36. The molecule has 2 aromatic heterocycles. The van der Waals surface area contributed by atoms with Crippen molar-refractivity contribution in [3.63, 3.8) is 0 Å². The molecule has 5 heteroatoms. The molecule has 134 valence electrons. The third-order valence-electron chi connectivity index (χ3n) is 5.59. The van der Waals surface area contributed by atoms with E-state index in [0.717, 1.165) is 41.5 Å². The fourth-order valence-corrected chi connectivity index (χ4v) is 4.01. The molecular weight excluding hydrogens is 327 g/mol. The molecule has 4 nitrogen and oxygen atoms in total. The maximum atomic E-state index is 13.5. The van der Waals surface area contributed by atoms with Crippen LogP contribution in [0.4, 0.5) is 4.39 Å². The van der Waals surface area contributed by atoms with Crippen LogP contribution in [0, 0.1) is 11.7 Å². The second-order valence-corrected chi connectivity index (χ2v) is 7.74. The van der Waals surface area contributed by atoms with E-state index in [9.17, 15) is 4.39 Å². The molecule has 1 saturated heterocycles. The fourth-order valence-electron chi connectivity index (χ4n) is 4.01. The number of pyridine rings is 1. The van der Waals surface area contributed by atoms with E-state index < -0.39 is 0 Å². The summed E-state index contributed by atoms with van der Waals surface area (Å²) in [4.78, 5) is 7.36. The van der Waals surface area contributed by atoms with Gasteiger partial charge in [-0.3, -0.25) is 0 Å². The highest BCUT2D eigenvalue weighted by Crippen LogP contribution is 2.33. The number of fused-ring (bicyclic) bond motifs is 1. The number of benzene rings is 1. The monoisotopic (exact) mass is 350 g/mol. The van der Waals surface area contributed by atoms with Gasteiger partial charge in [-0.1, -0.05) is 12.1 Å². The second kappa shape index (κ2) is 6.47. The van der Waals surface area contributed by atoms with Crippen LogP contribution in [-0.4, -0.2) is 39.1 Å². The summed E-state index contributed by atoms with van der Waals surface area (Å²) in [5.74, 6) is 2.07. The molecular formula is C21H23FN4. The average Bonchev–Trinajstić information content (AvgIpc) is 3.36. The SMILES string of the molecule is Fc1cccc(-c2ccc3nc([C@@H]4CCCN(CC5CC5)C4)nn3c2)c1. The molecule has 1 aromatic carbocycles. The number of likely N-dealkylation sites (tertiary alicyclic amines) is 1. The molecule has 3 heterocycles. The fraction of sp³-hybridized carbons (Fsp3) is 0.429. The van der Waals surface area contributed by atoms with Gasteiger partial charge in [-0.05, 0) is 68.0 Å². The first-order valence-electron chi connectivity index (χ1n) is 9.59. The van der Waals surface area contributed by atoms with Crippen molar-refractivity contribution in [3.05, 3.63) is 54.2 Å². The zero-order valence-corrected chi connectivity index (χ0v) is 14.8. The van der Waals surface area contributed by atoms with E-state index in [1.54, 1.807) is 12.1 Å². The van der Waals surface area contributed by atoms with Gasteiger partial charge in [0, 0.05) is 30.8 Å². The maximum absolute atomic E-state index is 13.5. The normalized spacial score (nSPS) is 21.3. The Kier molecular flexibility index (Phi) is 3.97. The Morgan fingerprint density at radius 1 is 1.08 bits per heavy atom. The van der Waals surface area contributed by atoms with Crippen molar-refractivity contribution in [2.45, 2.75) is 31.6 Å². The Bertz CT molecular complexity index is 931. The van der Waals surface area contributed by atoms with Gasteiger partial charge in [0.2, 0.25) is 0 Å². The molecule has 0 bridgehead atoms. The van der Waals surface area contributed by atoms with Crippen LogP contribution in [0.1, 0.15) is 37.4 Å². The topological polar surface area (TPSA) is 33.4 Å². The highest BCUT2D eigenvalue weighted by Gasteiger charge is 2.29. The van der Waals surface area contributed by atoms with Gasteiger partial charge in [-0.15, -0.1) is 0 Å². The van der Waals surface area contributed by atoms with Crippen LogP contribution in [0.5, 0.6) is 0 Å². The minimum atomic E-state index is -0.222. The van der Waals surface area contributed by atoms with E-state index in [1.807, 2.05) is 28.9 Å². The Labute approximate surface area is 152 Å². The summed E-state index contributed by atoms with van der Waals surface area (Å²) in [6.07, 6.45) is 7.13. The van der Waals surface area contributed by atoms with Crippen molar-refractivity contribution in [2.24, 2.45) is 5.92 Å². The van der Waals surface area contributed by atoms with Crippen molar-refractivity contribution in [1.82, 2.24) is 19.5 Å². The van der Waals surface area contributed by atoms with Gasteiger partial charge in [0.05, 0.1) is 0 Å². The van der Waals surface area contributed by atoms with Crippen molar-refractivity contribution in [2.75, 3.05) is 19.6 Å². The van der Waals surface area contributed by atoms with Crippen molar-refractivity contribution < 1.29 is 4.39 Å². The first kappa shape index (κ1) is 15.9. The smallest absolute Gasteiger partial charge is 0.156 e. The Morgan fingerprint density at radius 2 is 2.00 bits per heavy atom. The van der Waals surface area contributed by atoms with Crippen molar-refractivity contribution in [1.29, 1.82) is 0 Å². The molecule has 0 spiro atoms. The highest BCUT2D eigenvalue weighted by atomic mass is 19.1. The number of piperidine rings is 1. The lowest BCUT2D eigenvalue weighted by atomic mass is 9.97. The van der Waals surface area contributed by atoms with Gasteiger partial charge in [-0.25, -0.2) is 13.9 Å². The van der Waals surface area contributed by atoms with Crippen molar-refractivity contribution in [3.8, 4) is 11.1 Å². The zero-order chi connectivity index (χ0) is 17.5. The van der Waals surface area contributed by atoms with E-state index >= 15 is 0 Å². The first-order chi connectivity index (χ1) is 12.7. The van der Waals surface area contributed by atoms with E-state index in [-0.39, 0.29) is 5.82 Å². The minimum Gasteiger partial charge on any atom is -0.302 e. The summed E-state index contributed by atoms with van der Waals surface area (Å²) in [5, 5.41) is 4.76. The van der Waals surface area contributed by atoms with Gasteiger partial charge in [0.1, 0.15) is 5.82 Å². The summed E-state index contributed by atoms with van der Waals surface area (Å²) in [5.41, 5.74) is 2.67. The summed E-state index contributed by atoms with van der Waals surface area (Å²) in [6.45, 7) is 3.53. The maximum Gasteiger partial charge on any atom is 0.156 e. The number of hydrogen-bond acceptors (Lipinski definition) is 3. The summed E-state index contributed by atoms with van der Waals surface area (Å²) < 4.78 is 15.3. The van der Waals surface area contributed by atoms with E-state index in [1.165, 1.54) is 38.4 Å². The highest BCUT2D eigenvalue weighted by molar-refractivity contribution is 5.64. The molecule has 0 amide bonds. The van der Waals surface area contributed by atoms with E-state index in [2.05, 4.69) is 4.90 Å². The van der Waals surface area contributed by atoms with E-state index in [4.69, 9.17) is 10.1 Å². The molecule has 3 aromatic rings. The van der Waals surface area contributed by atoms with Crippen LogP contribution in [0.3, 0.4) is 0 Å². The van der Waals surface area contributed by atoms with Gasteiger partial charge in [0.15, 0.2) is 11.5 Å². The van der Waals surface area contributed by atoms with Crippen LogP contribution in [0.25, 0.3) is 16.8 Å². The van der Waals surface area contributed by atoms with Gasteiger partial charge in [-0.2, -0.15) is 5.10 Å². The Hall–Kier alpha value is -2.27.